The Kier molecular flexibility index (Phi) is 4.65. The Morgan fingerprint density at radius 2 is 1.85 bits per heavy atom. The van der Waals surface area contributed by atoms with E-state index in [1.807, 2.05) is 30.3 Å². The number of benzene rings is 2. The molecule has 0 unspecified atom stereocenters. The highest BCUT2D eigenvalue weighted by molar-refractivity contribution is 5.92. The normalized spacial score (nSPS) is 11.7. The van der Waals surface area contributed by atoms with E-state index in [0.29, 0.717) is 12.2 Å². The summed E-state index contributed by atoms with van der Waals surface area (Å²) in [6, 6.07) is 15.6. The lowest BCUT2D eigenvalue weighted by Gasteiger charge is -2.07. The van der Waals surface area contributed by atoms with Gasteiger partial charge in [-0.1, -0.05) is 42.5 Å². The molecule has 104 valence electrons. The highest BCUT2D eigenvalue weighted by Gasteiger charge is 2.07. The third-order valence-corrected chi connectivity index (χ3v) is 2.69. The van der Waals surface area contributed by atoms with Gasteiger partial charge < -0.3 is 11.1 Å². The van der Waals surface area contributed by atoms with Crippen LogP contribution in [0, 0.1) is 0 Å². The number of halogens is 2. The SMILES string of the molecule is NC(=NCc1ccccc1)Nc1cccc(C(F)F)c1. The molecule has 0 radical (unpaired) electrons. The lowest BCUT2D eigenvalue weighted by molar-refractivity contribution is 0.151. The summed E-state index contributed by atoms with van der Waals surface area (Å²) in [5.41, 5.74) is 7.20. The third kappa shape index (κ3) is 4.05. The van der Waals surface area contributed by atoms with Crippen LogP contribution in [-0.2, 0) is 6.54 Å². The van der Waals surface area contributed by atoms with Gasteiger partial charge in [0.2, 0.25) is 0 Å². The molecular formula is C15H15F2N3. The number of anilines is 1. The van der Waals surface area contributed by atoms with Crippen molar-refractivity contribution < 1.29 is 8.78 Å². The zero-order chi connectivity index (χ0) is 14.4. The van der Waals surface area contributed by atoms with Crippen LogP contribution in [0.5, 0.6) is 0 Å². The van der Waals surface area contributed by atoms with Crippen molar-refractivity contribution in [2.75, 3.05) is 5.32 Å². The van der Waals surface area contributed by atoms with E-state index in [2.05, 4.69) is 10.3 Å². The van der Waals surface area contributed by atoms with E-state index in [0.717, 1.165) is 5.56 Å². The number of aliphatic imine (C=N–C) groups is 1. The van der Waals surface area contributed by atoms with Crippen molar-refractivity contribution in [3.63, 3.8) is 0 Å². The molecule has 0 heterocycles. The van der Waals surface area contributed by atoms with E-state index in [4.69, 9.17) is 5.73 Å². The largest absolute Gasteiger partial charge is 0.370 e. The van der Waals surface area contributed by atoms with Crippen LogP contribution >= 0.6 is 0 Å². The van der Waals surface area contributed by atoms with Gasteiger partial charge in [0.05, 0.1) is 6.54 Å². The van der Waals surface area contributed by atoms with Crippen molar-refractivity contribution in [1.82, 2.24) is 0 Å². The van der Waals surface area contributed by atoms with Crippen molar-refractivity contribution >= 4 is 11.6 Å². The summed E-state index contributed by atoms with van der Waals surface area (Å²) in [5, 5.41) is 2.80. The molecule has 0 spiro atoms. The van der Waals surface area contributed by atoms with Gasteiger partial charge in [0.1, 0.15) is 0 Å². The number of rotatable bonds is 4. The first-order valence-corrected chi connectivity index (χ1v) is 6.14. The summed E-state index contributed by atoms with van der Waals surface area (Å²) in [4.78, 5) is 4.16. The molecule has 0 aliphatic heterocycles. The molecule has 2 rings (SSSR count). The summed E-state index contributed by atoms with van der Waals surface area (Å²) >= 11 is 0. The maximum Gasteiger partial charge on any atom is 0.263 e. The summed E-state index contributed by atoms with van der Waals surface area (Å²) in [7, 11) is 0. The van der Waals surface area contributed by atoms with Crippen molar-refractivity contribution in [2.45, 2.75) is 13.0 Å². The van der Waals surface area contributed by atoms with Crippen molar-refractivity contribution in [1.29, 1.82) is 0 Å². The molecule has 0 fully saturated rings. The Labute approximate surface area is 116 Å². The molecule has 0 atom stereocenters. The Bertz CT molecular complexity index is 583. The second-order valence-corrected chi connectivity index (χ2v) is 4.24. The van der Waals surface area contributed by atoms with Gasteiger partial charge in [-0.25, -0.2) is 13.8 Å². The molecular weight excluding hydrogens is 260 g/mol. The first kappa shape index (κ1) is 14.0. The van der Waals surface area contributed by atoms with E-state index < -0.39 is 6.43 Å². The van der Waals surface area contributed by atoms with E-state index in [1.165, 1.54) is 12.1 Å². The Balaban J connectivity index is 2.00. The fourth-order valence-electron chi connectivity index (χ4n) is 1.70. The van der Waals surface area contributed by atoms with Crippen LogP contribution in [0.3, 0.4) is 0 Å². The van der Waals surface area contributed by atoms with Crippen LogP contribution in [-0.4, -0.2) is 5.96 Å². The first-order valence-electron chi connectivity index (χ1n) is 6.14. The van der Waals surface area contributed by atoms with Gasteiger partial charge in [0, 0.05) is 11.3 Å². The minimum Gasteiger partial charge on any atom is -0.370 e. The number of nitrogens with two attached hydrogens (primary N) is 1. The van der Waals surface area contributed by atoms with Crippen LogP contribution in [0.1, 0.15) is 17.6 Å². The standard InChI is InChI=1S/C15H15F2N3/c16-14(17)12-7-4-8-13(9-12)20-15(18)19-10-11-5-2-1-3-6-11/h1-9,14H,10H2,(H3,18,19,20). The van der Waals surface area contributed by atoms with Gasteiger partial charge >= 0.3 is 0 Å². The van der Waals surface area contributed by atoms with Gasteiger partial charge in [-0.05, 0) is 17.7 Å². The van der Waals surface area contributed by atoms with E-state index in [1.54, 1.807) is 12.1 Å². The second kappa shape index (κ2) is 6.65. The summed E-state index contributed by atoms with van der Waals surface area (Å²) < 4.78 is 25.1. The molecule has 2 aromatic carbocycles. The van der Waals surface area contributed by atoms with Gasteiger partial charge in [-0.2, -0.15) is 0 Å². The summed E-state index contributed by atoms with van der Waals surface area (Å²) in [5.74, 6) is 0.195. The lowest BCUT2D eigenvalue weighted by Crippen LogP contribution is -2.22. The molecule has 0 aliphatic carbocycles. The molecule has 0 aliphatic rings. The van der Waals surface area contributed by atoms with Crippen LogP contribution in [0.25, 0.3) is 0 Å². The van der Waals surface area contributed by atoms with E-state index in [9.17, 15) is 8.78 Å². The quantitative estimate of drug-likeness (QED) is 0.662. The smallest absolute Gasteiger partial charge is 0.263 e. The highest BCUT2D eigenvalue weighted by atomic mass is 19.3. The van der Waals surface area contributed by atoms with Crippen molar-refractivity contribution in [2.24, 2.45) is 10.7 Å². The average Bonchev–Trinajstić information content (AvgIpc) is 2.46. The number of guanidine groups is 1. The minimum absolute atomic E-state index is 0.0501. The molecule has 0 saturated carbocycles. The molecule has 0 bridgehead atoms. The van der Waals surface area contributed by atoms with Crippen LogP contribution in [0.4, 0.5) is 14.5 Å². The van der Waals surface area contributed by atoms with Gasteiger partial charge in [0.15, 0.2) is 5.96 Å². The van der Waals surface area contributed by atoms with Crippen molar-refractivity contribution in [3.8, 4) is 0 Å². The summed E-state index contributed by atoms with van der Waals surface area (Å²) in [6.45, 7) is 0.439. The van der Waals surface area contributed by atoms with E-state index in [-0.39, 0.29) is 11.5 Å². The number of nitrogens with one attached hydrogen (secondary N) is 1. The zero-order valence-corrected chi connectivity index (χ0v) is 10.8. The maximum absolute atomic E-state index is 12.6. The van der Waals surface area contributed by atoms with Crippen LogP contribution in [0.15, 0.2) is 59.6 Å². The Hall–Kier alpha value is -2.43. The predicted octanol–water partition coefficient (Wildman–Crippen LogP) is 3.55. The minimum atomic E-state index is -2.50. The van der Waals surface area contributed by atoms with E-state index >= 15 is 0 Å². The highest BCUT2D eigenvalue weighted by Crippen LogP contribution is 2.21. The number of nitrogens with zero attached hydrogens (tertiary/aromatic N) is 1. The fourth-order valence-corrected chi connectivity index (χ4v) is 1.70. The average molecular weight is 275 g/mol. The predicted molar refractivity (Wildman–Crippen MR) is 76.8 cm³/mol. The number of hydrogen-bond acceptors (Lipinski definition) is 1. The second-order valence-electron chi connectivity index (χ2n) is 4.24. The van der Waals surface area contributed by atoms with Gasteiger partial charge in [0.25, 0.3) is 6.43 Å². The molecule has 2 aromatic rings. The fraction of sp³-hybridized carbons (Fsp3) is 0.133. The first-order chi connectivity index (χ1) is 9.65. The number of alkyl halides is 2. The molecule has 3 N–H and O–H groups in total. The topological polar surface area (TPSA) is 50.4 Å². The Morgan fingerprint density at radius 1 is 1.10 bits per heavy atom. The zero-order valence-electron chi connectivity index (χ0n) is 10.8. The molecule has 0 amide bonds. The molecule has 20 heavy (non-hydrogen) atoms. The molecule has 5 heteroatoms. The monoisotopic (exact) mass is 275 g/mol. The lowest BCUT2D eigenvalue weighted by atomic mass is 10.2. The van der Waals surface area contributed by atoms with Crippen LogP contribution in [0.2, 0.25) is 0 Å². The molecule has 0 aromatic heterocycles. The maximum atomic E-state index is 12.6. The summed E-state index contributed by atoms with van der Waals surface area (Å²) in [6.07, 6.45) is -2.50. The van der Waals surface area contributed by atoms with Crippen LogP contribution < -0.4 is 11.1 Å². The number of hydrogen-bond donors (Lipinski definition) is 2. The molecule has 3 nitrogen and oxygen atoms in total. The third-order valence-electron chi connectivity index (χ3n) is 2.69. The van der Waals surface area contributed by atoms with Gasteiger partial charge in [-0.3, -0.25) is 0 Å². The Morgan fingerprint density at radius 3 is 2.55 bits per heavy atom. The van der Waals surface area contributed by atoms with Crippen molar-refractivity contribution in [3.05, 3.63) is 65.7 Å². The van der Waals surface area contributed by atoms with Gasteiger partial charge in [-0.15, -0.1) is 0 Å². The molecule has 0 saturated heterocycles.